The predicted molar refractivity (Wildman–Crippen MR) is 65.9 cm³/mol. The quantitative estimate of drug-likeness (QED) is 0.846. The van der Waals surface area contributed by atoms with Crippen molar-refractivity contribution in [3.05, 3.63) is 18.3 Å². The van der Waals surface area contributed by atoms with Crippen LogP contribution in [0.2, 0.25) is 0 Å². The molecule has 1 saturated carbocycles. The first-order valence-corrected chi connectivity index (χ1v) is 5.99. The minimum Gasteiger partial charge on any atom is -0.487 e. The van der Waals surface area contributed by atoms with Crippen molar-refractivity contribution in [1.29, 1.82) is 0 Å². The van der Waals surface area contributed by atoms with E-state index in [4.69, 9.17) is 4.74 Å². The van der Waals surface area contributed by atoms with Crippen molar-refractivity contribution in [2.45, 2.75) is 51.7 Å². The van der Waals surface area contributed by atoms with Crippen LogP contribution in [0.4, 0.5) is 5.82 Å². The van der Waals surface area contributed by atoms with E-state index >= 15 is 0 Å². The summed E-state index contributed by atoms with van der Waals surface area (Å²) in [5.74, 6) is 1.73. The third-order valence-electron chi connectivity index (χ3n) is 3.01. The van der Waals surface area contributed by atoms with E-state index in [-0.39, 0.29) is 11.6 Å². The van der Waals surface area contributed by atoms with Crippen LogP contribution in [0.15, 0.2) is 18.3 Å². The third kappa shape index (κ3) is 2.46. The zero-order valence-electron chi connectivity index (χ0n) is 10.3. The molecule has 0 radical (unpaired) electrons. The highest BCUT2D eigenvalue weighted by Crippen LogP contribution is 2.36. The molecule has 1 aromatic rings. The van der Waals surface area contributed by atoms with Gasteiger partial charge in [0.05, 0.1) is 6.10 Å². The summed E-state index contributed by atoms with van der Waals surface area (Å²) in [6.45, 7) is 6.30. The van der Waals surface area contributed by atoms with Crippen molar-refractivity contribution in [3.63, 3.8) is 0 Å². The van der Waals surface area contributed by atoms with Crippen molar-refractivity contribution in [3.8, 4) is 5.75 Å². The molecule has 0 bridgehead atoms. The van der Waals surface area contributed by atoms with Gasteiger partial charge in [-0.2, -0.15) is 0 Å². The standard InChI is InChI=1S/C13H20N2O/c1-10(2)16-11-6-4-9-14-12(11)15-13(3)7-5-8-13/h4,6,9-10H,5,7-8H2,1-3H3,(H,14,15). The summed E-state index contributed by atoms with van der Waals surface area (Å²) in [5.41, 5.74) is 0.212. The molecule has 0 spiro atoms. The van der Waals surface area contributed by atoms with Crippen LogP contribution in [0.1, 0.15) is 40.0 Å². The minimum atomic E-state index is 0.180. The Hall–Kier alpha value is -1.25. The lowest BCUT2D eigenvalue weighted by Crippen LogP contribution is -2.42. The summed E-state index contributed by atoms with van der Waals surface area (Å²) in [4.78, 5) is 4.36. The van der Waals surface area contributed by atoms with Crippen molar-refractivity contribution in [1.82, 2.24) is 4.98 Å². The van der Waals surface area contributed by atoms with E-state index in [0.717, 1.165) is 11.6 Å². The van der Waals surface area contributed by atoms with Gasteiger partial charge in [-0.15, -0.1) is 0 Å². The van der Waals surface area contributed by atoms with Gasteiger partial charge in [0.15, 0.2) is 11.6 Å². The molecule has 0 aromatic carbocycles. The highest BCUT2D eigenvalue weighted by atomic mass is 16.5. The molecule has 1 aliphatic rings. The van der Waals surface area contributed by atoms with E-state index in [2.05, 4.69) is 17.2 Å². The molecule has 2 rings (SSSR count). The largest absolute Gasteiger partial charge is 0.487 e. The average molecular weight is 220 g/mol. The lowest BCUT2D eigenvalue weighted by atomic mass is 9.78. The highest BCUT2D eigenvalue weighted by molar-refractivity contribution is 5.51. The number of rotatable bonds is 4. The molecule has 1 aliphatic carbocycles. The first kappa shape index (κ1) is 11.2. The topological polar surface area (TPSA) is 34.1 Å². The molecule has 88 valence electrons. The first-order valence-electron chi connectivity index (χ1n) is 5.99. The van der Waals surface area contributed by atoms with Gasteiger partial charge in [0.1, 0.15) is 0 Å². The normalized spacial score (nSPS) is 18.0. The molecule has 1 fully saturated rings. The second-order valence-electron chi connectivity index (χ2n) is 5.06. The number of anilines is 1. The molecule has 16 heavy (non-hydrogen) atoms. The molecular formula is C13H20N2O. The first-order chi connectivity index (χ1) is 7.59. The third-order valence-corrected chi connectivity index (χ3v) is 3.01. The van der Waals surface area contributed by atoms with Crippen LogP contribution in [-0.4, -0.2) is 16.6 Å². The van der Waals surface area contributed by atoms with Crippen molar-refractivity contribution < 1.29 is 4.74 Å². The second-order valence-corrected chi connectivity index (χ2v) is 5.06. The van der Waals surface area contributed by atoms with E-state index in [1.165, 1.54) is 19.3 Å². The lowest BCUT2D eigenvalue weighted by Gasteiger charge is -2.39. The molecule has 0 saturated heterocycles. The van der Waals surface area contributed by atoms with Crippen LogP contribution < -0.4 is 10.1 Å². The van der Waals surface area contributed by atoms with Crippen LogP contribution in [0.5, 0.6) is 5.75 Å². The van der Waals surface area contributed by atoms with Crippen LogP contribution in [-0.2, 0) is 0 Å². The van der Waals surface area contributed by atoms with Crippen molar-refractivity contribution in [2.75, 3.05) is 5.32 Å². The van der Waals surface area contributed by atoms with Gasteiger partial charge >= 0.3 is 0 Å². The van der Waals surface area contributed by atoms with Crippen LogP contribution >= 0.6 is 0 Å². The smallest absolute Gasteiger partial charge is 0.169 e. The zero-order valence-corrected chi connectivity index (χ0v) is 10.3. The van der Waals surface area contributed by atoms with E-state index in [0.29, 0.717) is 0 Å². The van der Waals surface area contributed by atoms with E-state index in [9.17, 15) is 0 Å². The maximum atomic E-state index is 5.73. The number of hydrogen-bond acceptors (Lipinski definition) is 3. The van der Waals surface area contributed by atoms with E-state index in [1.54, 1.807) is 6.20 Å². The molecule has 0 amide bonds. The van der Waals surface area contributed by atoms with Gasteiger partial charge in [-0.25, -0.2) is 4.98 Å². The molecule has 1 N–H and O–H groups in total. The van der Waals surface area contributed by atoms with E-state index < -0.39 is 0 Å². The molecule has 0 atom stereocenters. The molecule has 0 aliphatic heterocycles. The van der Waals surface area contributed by atoms with Gasteiger partial charge in [0.2, 0.25) is 0 Å². The van der Waals surface area contributed by atoms with Crippen LogP contribution in [0, 0.1) is 0 Å². The Morgan fingerprint density at radius 3 is 2.75 bits per heavy atom. The fraction of sp³-hybridized carbons (Fsp3) is 0.615. The van der Waals surface area contributed by atoms with Crippen molar-refractivity contribution >= 4 is 5.82 Å². The Balaban J connectivity index is 2.12. The van der Waals surface area contributed by atoms with Gasteiger partial charge < -0.3 is 10.1 Å². The lowest BCUT2D eigenvalue weighted by molar-refractivity contribution is 0.240. The minimum absolute atomic E-state index is 0.180. The number of nitrogens with zero attached hydrogens (tertiary/aromatic N) is 1. The number of hydrogen-bond donors (Lipinski definition) is 1. The van der Waals surface area contributed by atoms with Gasteiger partial charge in [0, 0.05) is 11.7 Å². The Bertz CT molecular complexity index is 359. The Labute approximate surface area is 97.2 Å². The monoisotopic (exact) mass is 220 g/mol. The van der Waals surface area contributed by atoms with Gasteiger partial charge in [-0.3, -0.25) is 0 Å². The molecular weight excluding hydrogens is 200 g/mol. The molecule has 1 heterocycles. The van der Waals surface area contributed by atoms with Crippen molar-refractivity contribution in [2.24, 2.45) is 0 Å². The Kier molecular flexibility index (Phi) is 3.03. The summed E-state index contributed by atoms with van der Waals surface area (Å²) < 4.78 is 5.73. The maximum Gasteiger partial charge on any atom is 0.169 e. The zero-order chi connectivity index (χ0) is 11.6. The number of aromatic nitrogens is 1. The summed E-state index contributed by atoms with van der Waals surface area (Å²) in [6, 6.07) is 3.88. The predicted octanol–water partition coefficient (Wildman–Crippen LogP) is 3.22. The molecule has 0 unspecified atom stereocenters. The Morgan fingerprint density at radius 1 is 1.44 bits per heavy atom. The second kappa shape index (κ2) is 4.32. The van der Waals surface area contributed by atoms with Gasteiger partial charge in [0.25, 0.3) is 0 Å². The van der Waals surface area contributed by atoms with Gasteiger partial charge in [-0.1, -0.05) is 0 Å². The molecule has 3 heteroatoms. The van der Waals surface area contributed by atoms with Gasteiger partial charge in [-0.05, 0) is 52.2 Å². The highest BCUT2D eigenvalue weighted by Gasteiger charge is 2.32. The fourth-order valence-electron chi connectivity index (χ4n) is 1.95. The average Bonchev–Trinajstić information content (AvgIpc) is 2.18. The fourth-order valence-corrected chi connectivity index (χ4v) is 1.95. The SMILES string of the molecule is CC(C)Oc1cccnc1NC1(C)CCC1. The number of ether oxygens (including phenoxy) is 1. The summed E-state index contributed by atoms with van der Waals surface area (Å²) in [5, 5.41) is 3.49. The Morgan fingerprint density at radius 2 is 2.19 bits per heavy atom. The number of pyridine rings is 1. The van der Waals surface area contributed by atoms with Crippen LogP contribution in [0.3, 0.4) is 0 Å². The molecule has 1 aromatic heterocycles. The summed E-state index contributed by atoms with van der Waals surface area (Å²) in [6.07, 6.45) is 5.71. The maximum absolute atomic E-state index is 5.73. The molecule has 3 nitrogen and oxygen atoms in total. The van der Waals surface area contributed by atoms with E-state index in [1.807, 2.05) is 26.0 Å². The summed E-state index contributed by atoms with van der Waals surface area (Å²) in [7, 11) is 0. The number of nitrogens with one attached hydrogen (secondary N) is 1. The van der Waals surface area contributed by atoms with Crippen LogP contribution in [0.25, 0.3) is 0 Å². The summed E-state index contributed by atoms with van der Waals surface area (Å²) >= 11 is 0.